The number of benzene rings is 1. The molecular weight excluding hydrogens is 398 g/mol. The molecule has 0 aliphatic heterocycles. The Kier molecular flexibility index (Phi) is 5.62. The van der Waals surface area contributed by atoms with E-state index in [1.54, 1.807) is 9.25 Å². The molecule has 0 spiro atoms. The Morgan fingerprint density at radius 3 is 2.63 bits per heavy atom. The molecule has 0 N–H and O–H groups in total. The van der Waals surface area contributed by atoms with E-state index < -0.39 is 0 Å². The third kappa shape index (κ3) is 3.61. The van der Waals surface area contributed by atoms with E-state index in [0.717, 1.165) is 23.5 Å². The molecule has 3 aromatic heterocycles. The maximum absolute atomic E-state index is 13.1. The van der Waals surface area contributed by atoms with E-state index in [4.69, 9.17) is 21.7 Å². The van der Waals surface area contributed by atoms with Gasteiger partial charge in [0.15, 0.2) is 0 Å². The van der Waals surface area contributed by atoms with Gasteiger partial charge in [0.2, 0.25) is 10.5 Å². The smallest absolute Gasteiger partial charge is 0.262 e. The van der Waals surface area contributed by atoms with Crippen molar-refractivity contribution in [1.29, 1.82) is 0 Å². The van der Waals surface area contributed by atoms with Crippen LogP contribution in [0, 0.1) is 11.7 Å². The molecule has 0 amide bonds. The van der Waals surface area contributed by atoms with Crippen LogP contribution in [0.25, 0.3) is 16.7 Å². The molecule has 0 aliphatic rings. The van der Waals surface area contributed by atoms with Gasteiger partial charge in [-0.2, -0.15) is 0 Å². The fourth-order valence-corrected chi connectivity index (χ4v) is 4.00. The maximum atomic E-state index is 13.1. The van der Waals surface area contributed by atoms with E-state index in [2.05, 4.69) is 25.7 Å². The molecule has 0 aliphatic carbocycles. The predicted octanol–water partition coefficient (Wildman–Crippen LogP) is 4.36. The van der Waals surface area contributed by atoms with E-state index in [9.17, 15) is 4.79 Å². The average Bonchev–Trinajstić information content (AvgIpc) is 3.27. The number of aromatic nitrogens is 4. The molecule has 4 rings (SSSR count). The van der Waals surface area contributed by atoms with Crippen molar-refractivity contribution in [1.82, 2.24) is 23.6 Å². The summed E-state index contributed by atoms with van der Waals surface area (Å²) in [4.78, 5) is 15.3. The lowest BCUT2D eigenvalue weighted by Crippen LogP contribution is -2.32. The first kappa shape index (κ1) is 20.6. The molecule has 3 heterocycles. The molecule has 8 heteroatoms. The number of rotatable bonds is 7. The third-order valence-electron chi connectivity index (χ3n) is 5.33. The Bertz CT molecular complexity index is 1310. The Labute approximate surface area is 180 Å². The van der Waals surface area contributed by atoms with Crippen LogP contribution in [0.2, 0.25) is 0 Å². The third-order valence-corrected chi connectivity index (χ3v) is 5.73. The highest BCUT2D eigenvalue weighted by Crippen LogP contribution is 2.17. The zero-order chi connectivity index (χ0) is 21.4. The molecule has 158 valence electrons. The minimum Gasteiger partial charge on any atom is -0.465 e. The highest BCUT2D eigenvalue weighted by molar-refractivity contribution is 7.71. The monoisotopic (exact) mass is 425 g/mol. The first-order valence-corrected chi connectivity index (χ1v) is 10.7. The molecule has 1 aromatic carbocycles. The summed E-state index contributed by atoms with van der Waals surface area (Å²) in [5.41, 5.74) is 0.762. The zero-order valence-corrected chi connectivity index (χ0v) is 18.6. The standard InChI is InChI=1S/C22H27N5O2S/c1-5-12-25-20(28)18-8-6-7-9-19(18)27-21(25)23-26(22(27)30)14-24(15(2)3)13-17-11-10-16(4)29-17/h6-11,15H,5,12-14H2,1-4H3. The molecule has 30 heavy (non-hydrogen) atoms. The van der Waals surface area contributed by atoms with Gasteiger partial charge in [0, 0.05) is 12.6 Å². The Hall–Kier alpha value is -2.71. The summed E-state index contributed by atoms with van der Waals surface area (Å²) < 4.78 is 11.8. The van der Waals surface area contributed by atoms with Crippen molar-refractivity contribution in [2.75, 3.05) is 0 Å². The second kappa shape index (κ2) is 8.20. The topological polar surface area (TPSA) is 60.6 Å². The van der Waals surface area contributed by atoms with E-state index >= 15 is 0 Å². The van der Waals surface area contributed by atoms with Crippen LogP contribution in [0.1, 0.15) is 38.7 Å². The number of hydrogen-bond donors (Lipinski definition) is 0. The second-order valence-electron chi connectivity index (χ2n) is 7.89. The lowest BCUT2D eigenvalue weighted by molar-refractivity contribution is 0.141. The summed E-state index contributed by atoms with van der Waals surface area (Å²) in [5, 5.41) is 5.43. The summed E-state index contributed by atoms with van der Waals surface area (Å²) in [6.07, 6.45) is 0.837. The summed E-state index contributed by atoms with van der Waals surface area (Å²) >= 11 is 5.81. The number of fused-ring (bicyclic) bond motifs is 3. The van der Waals surface area contributed by atoms with Gasteiger partial charge in [0.05, 0.1) is 24.1 Å². The van der Waals surface area contributed by atoms with E-state index in [0.29, 0.717) is 35.7 Å². The SMILES string of the molecule is CCCn1c(=O)c2ccccc2n2c(=S)n(CN(Cc3ccc(C)o3)C(C)C)nc12. The molecule has 4 aromatic rings. The first-order valence-electron chi connectivity index (χ1n) is 10.3. The van der Waals surface area contributed by atoms with Gasteiger partial charge in [-0.3, -0.25) is 18.7 Å². The van der Waals surface area contributed by atoms with Crippen molar-refractivity contribution in [2.24, 2.45) is 0 Å². The van der Waals surface area contributed by atoms with E-state index in [1.807, 2.05) is 47.7 Å². The van der Waals surface area contributed by atoms with Gasteiger partial charge in [0.25, 0.3) is 5.56 Å². The summed E-state index contributed by atoms with van der Waals surface area (Å²) in [6, 6.07) is 11.8. The van der Waals surface area contributed by atoms with Crippen molar-refractivity contribution < 1.29 is 4.42 Å². The van der Waals surface area contributed by atoms with Gasteiger partial charge in [0.1, 0.15) is 11.5 Å². The van der Waals surface area contributed by atoms with E-state index in [-0.39, 0.29) is 11.6 Å². The van der Waals surface area contributed by atoms with Gasteiger partial charge in [-0.15, -0.1) is 5.10 Å². The molecule has 0 saturated carbocycles. The minimum atomic E-state index is -0.0288. The fourth-order valence-electron chi connectivity index (χ4n) is 3.72. The molecule has 0 atom stereocenters. The Morgan fingerprint density at radius 1 is 1.20 bits per heavy atom. The Morgan fingerprint density at radius 2 is 1.97 bits per heavy atom. The van der Waals surface area contributed by atoms with Crippen molar-refractivity contribution >= 4 is 28.9 Å². The molecule has 7 nitrogen and oxygen atoms in total. The maximum Gasteiger partial charge on any atom is 0.262 e. The lowest BCUT2D eigenvalue weighted by Gasteiger charge is -2.24. The van der Waals surface area contributed by atoms with Gasteiger partial charge in [-0.1, -0.05) is 19.1 Å². The normalized spacial score (nSPS) is 12.1. The van der Waals surface area contributed by atoms with Crippen molar-refractivity contribution in [2.45, 2.75) is 59.9 Å². The Balaban J connectivity index is 1.84. The molecule has 0 radical (unpaired) electrons. The zero-order valence-electron chi connectivity index (χ0n) is 17.8. The number of aryl methyl sites for hydroxylation is 2. The van der Waals surface area contributed by atoms with Crippen LogP contribution in [0.4, 0.5) is 0 Å². The number of hydrogen-bond acceptors (Lipinski definition) is 5. The highest BCUT2D eigenvalue weighted by Gasteiger charge is 2.18. The average molecular weight is 426 g/mol. The van der Waals surface area contributed by atoms with Gasteiger partial charge in [-0.25, -0.2) is 4.68 Å². The molecule has 0 fully saturated rings. The van der Waals surface area contributed by atoms with Gasteiger partial charge in [-0.05, 0) is 63.7 Å². The van der Waals surface area contributed by atoms with Crippen LogP contribution < -0.4 is 5.56 Å². The quantitative estimate of drug-likeness (QED) is 0.412. The van der Waals surface area contributed by atoms with Crippen LogP contribution in [0.3, 0.4) is 0 Å². The van der Waals surface area contributed by atoms with Crippen molar-refractivity contribution in [3.63, 3.8) is 0 Å². The summed E-state index contributed by atoms with van der Waals surface area (Å²) in [6.45, 7) is 10.0. The van der Waals surface area contributed by atoms with Crippen LogP contribution in [-0.2, 0) is 19.8 Å². The predicted molar refractivity (Wildman–Crippen MR) is 120 cm³/mol. The summed E-state index contributed by atoms with van der Waals surface area (Å²) in [5.74, 6) is 2.39. The molecule has 0 bridgehead atoms. The van der Waals surface area contributed by atoms with Crippen molar-refractivity contribution in [3.05, 3.63) is 63.0 Å². The number of furan rings is 1. The number of para-hydroxylation sites is 1. The van der Waals surface area contributed by atoms with Crippen LogP contribution in [-0.4, -0.2) is 29.7 Å². The molecule has 0 saturated heterocycles. The number of nitrogens with zero attached hydrogens (tertiary/aromatic N) is 5. The minimum absolute atomic E-state index is 0.0288. The van der Waals surface area contributed by atoms with Crippen LogP contribution >= 0.6 is 12.2 Å². The largest absolute Gasteiger partial charge is 0.465 e. The second-order valence-corrected chi connectivity index (χ2v) is 8.25. The molecule has 0 unspecified atom stereocenters. The van der Waals surface area contributed by atoms with E-state index in [1.165, 1.54) is 0 Å². The fraction of sp³-hybridized carbons (Fsp3) is 0.409. The molecular formula is C22H27N5O2S. The van der Waals surface area contributed by atoms with Gasteiger partial charge < -0.3 is 4.42 Å². The highest BCUT2D eigenvalue weighted by atomic mass is 32.1. The first-order chi connectivity index (χ1) is 14.4. The van der Waals surface area contributed by atoms with Crippen molar-refractivity contribution in [3.8, 4) is 0 Å². The van der Waals surface area contributed by atoms with Crippen LogP contribution in [0.5, 0.6) is 0 Å². The lowest BCUT2D eigenvalue weighted by atomic mass is 10.2. The summed E-state index contributed by atoms with van der Waals surface area (Å²) in [7, 11) is 0. The van der Waals surface area contributed by atoms with Gasteiger partial charge >= 0.3 is 0 Å². The van der Waals surface area contributed by atoms with Crippen LogP contribution in [0.15, 0.2) is 45.6 Å².